The number of carbonyl (C=O) groups is 3. The first kappa shape index (κ1) is 89.0. The first-order chi connectivity index (χ1) is 44.6. The molecule has 9 nitrogen and oxygen atoms in total. The zero-order chi connectivity index (χ0) is 66.1. The van der Waals surface area contributed by atoms with Crippen LogP contribution in [0.25, 0.3) is 0 Å². The molecular formula is C82H160NO8+. The first-order valence-electron chi connectivity index (χ1n) is 40.9. The van der Waals surface area contributed by atoms with Crippen LogP contribution in [-0.4, -0.2) is 87.4 Å². The number of ether oxygens (including phenoxy) is 4. The molecule has 0 aliphatic carbocycles. The Labute approximate surface area is 567 Å². The number of unbranched alkanes of at least 4 members (excludes halogenated alkanes) is 61. The van der Waals surface area contributed by atoms with Crippen LogP contribution in [0.2, 0.25) is 0 Å². The van der Waals surface area contributed by atoms with Crippen LogP contribution in [0.3, 0.4) is 0 Å². The molecule has 0 aromatic rings. The molecular weight excluding hydrogens is 1130 g/mol. The number of carboxylic acids is 1. The molecule has 1 N–H and O–H groups in total. The van der Waals surface area contributed by atoms with Crippen molar-refractivity contribution in [2.45, 2.75) is 450 Å². The lowest BCUT2D eigenvalue weighted by molar-refractivity contribution is -0.870. The van der Waals surface area contributed by atoms with Crippen LogP contribution in [0, 0.1) is 0 Å². The number of carboxylic acid groups (broad SMARTS) is 1. The molecule has 0 aromatic carbocycles. The summed E-state index contributed by atoms with van der Waals surface area (Å²) in [6.45, 7) is 4.97. The predicted octanol–water partition coefficient (Wildman–Crippen LogP) is 25.9. The van der Waals surface area contributed by atoms with Gasteiger partial charge in [0.15, 0.2) is 6.10 Å². The number of likely N-dealkylation sites (N-methyl/N-ethyl adjacent to an activating group) is 1. The van der Waals surface area contributed by atoms with Gasteiger partial charge in [-0.2, -0.15) is 0 Å². The van der Waals surface area contributed by atoms with Gasteiger partial charge in [-0.25, -0.2) is 4.79 Å². The number of hydrogen-bond acceptors (Lipinski definition) is 7. The Hall–Kier alpha value is -1.97. The summed E-state index contributed by atoms with van der Waals surface area (Å²) in [5, 5.41) is 9.77. The third kappa shape index (κ3) is 75.3. The molecule has 0 heterocycles. The van der Waals surface area contributed by atoms with E-state index in [1.165, 1.54) is 372 Å². The van der Waals surface area contributed by atoms with Crippen molar-refractivity contribution in [2.24, 2.45) is 0 Å². The Bertz CT molecular complexity index is 1500. The van der Waals surface area contributed by atoms with Crippen LogP contribution in [0.5, 0.6) is 0 Å². The van der Waals surface area contributed by atoms with Gasteiger partial charge < -0.3 is 28.5 Å². The largest absolute Gasteiger partial charge is 0.477 e. The van der Waals surface area contributed by atoms with Gasteiger partial charge in [-0.3, -0.25) is 9.59 Å². The molecule has 0 aliphatic rings. The van der Waals surface area contributed by atoms with Crippen LogP contribution in [0.15, 0.2) is 12.2 Å². The van der Waals surface area contributed by atoms with Crippen molar-refractivity contribution < 1.29 is 42.9 Å². The van der Waals surface area contributed by atoms with Crippen molar-refractivity contribution in [1.82, 2.24) is 0 Å². The Kier molecular flexibility index (Phi) is 72.2. The summed E-state index contributed by atoms with van der Waals surface area (Å²) in [7, 11) is 6.00. The third-order valence-corrected chi connectivity index (χ3v) is 19.0. The van der Waals surface area contributed by atoms with Crippen LogP contribution < -0.4 is 0 Å². The summed E-state index contributed by atoms with van der Waals surface area (Å²) < 4.78 is 23.1. The lowest BCUT2D eigenvalue weighted by atomic mass is 10.0. The first-order valence-corrected chi connectivity index (χ1v) is 40.9. The summed E-state index contributed by atoms with van der Waals surface area (Å²) in [6.07, 6.45) is 89.6. The van der Waals surface area contributed by atoms with E-state index in [0.717, 1.165) is 38.5 Å². The monoisotopic (exact) mass is 1290 g/mol. The van der Waals surface area contributed by atoms with E-state index in [1.54, 1.807) is 0 Å². The normalized spacial score (nSPS) is 12.6. The highest BCUT2D eigenvalue weighted by atomic mass is 16.7. The van der Waals surface area contributed by atoms with Crippen LogP contribution in [0.1, 0.15) is 438 Å². The van der Waals surface area contributed by atoms with E-state index in [4.69, 9.17) is 18.9 Å². The zero-order valence-electron chi connectivity index (χ0n) is 62.1. The summed E-state index contributed by atoms with van der Waals surface area (Å²) in [5.74, 6) is -1.96. The molecule has 0 aliphatic heterocycles. The number of esters is 2. The Morgan fingerprint density at radius 3 is 0.813 bits per heavy atom. The van der Waals surface area contributed by atoms with Gasteiger partial charge in [-0.1, -0.05) is 398 Å². The number of hydrogen-bond donors (Lipinski definition) is 1. The van der Waals surface area contributed by atoms with E-state index >= 15 is 0 Å². The van der Waals surface area contributed by atoms with E-state index in [0.29, 0.717) is 17.4 Å². The van der Waals surface area contributed by atoms with Crippen molar-refractivity contribution in [3.05, 3.63) is 12.2 Å². The van der Waals surface area contributed by atoms with Crippen LogP contribution in [0.4, 0.5) is 0 Å². The maximum Gasteiger partial charge on any atom is 0.361 e. The molecule has 0 radical (unpaired) electrons. The molecule has 0 bridgehead atoms. The Morgan fingerprint density at radius 1 is 0.319 bits per heavy atom. The van der Waals surface area contributed by atoms with Crippen molar-refractivity contribution in [3.63, 3.8) is 0 Å². The van der Waals surface area contributed by atoms with E-state index < -0.39 is 18.4 Å². The van der Waals surface area contributed by atoms with E-state index in [-0.39, 0.29) is 38.2 Å². The van der Waals surface area contributed by atoms with Gasteiger partial charge in [0.25, 0.3) is 6.29 Å². The topological polar surface area (TPSA) is 108 Å². The van der Waals surface area contributed by atoms with Gasteiger partial charge in [0.1, 0.15) is 13.2 Å². The summed E-state index contributed by atoms with van der Waals surface area (Å²) in [6, 6.07) is 0. The molecule has 2 unspecified atom stereocenters. The molecule has 0 saturated heterocycles. The van der Waals surface area contributed by atoms with E-state index in [1.807, 2.05) is 21.1 Å². The summed E-state index contributed by atoms with van der Waals surface area (Å²) in [4.78, 5) is 37.7. The average molecular weight is 1290 g/mol. The second kappa shape index (κ2) is 73.8. The summed E-state index contributed by atoms with van der Waals surface area (Å²) >= 11 is 0. The molecule has 2 atom stereocenters. The van der Waals surface area contributed by atoms with Crippen molar-refractivity contribution in [2.75, 3.05) is 47.5 Å². The standard InChI is InChI=1S/C82H159NO8/c1-6-8-10-12-14-16-18-20-22-24-26-28-30-32-34-36-37-38-39-40-41-42-43-45-46-48-50-52-54-56-58-60-62-64-66-68-70-72-79(84)89-76-78(77-90-82(81(86)87)88-75-74-83(3,4)5)91-80(85)73-71-69-67-65-63-61-59-57-55-53-51-49-47-44-35-33-31-29-27-25-23-21-19-17-15-13-11-9-7-2/h25,27,78,82H,6-24,26,28-77H2,1-5H3/p+1/b27-25-. The number of aliphatic carboxylic acids is 1. The van der Waals surface area contributed by atoms with Gasteiger partial charge in [0.05, 0.1) is 34.4 Å². The zero-order valence-corrected chi connectivity index (χ0v) is 62.1. The Morgan fingerprint density at radius 2 is 0.560 bits per heavy atom. The molecule has 0 fully saturated rings. The minimum Gasteiger partial charge on any atom is -0.477 e. The molecule has 0 spiro atoms. The van der Waals surface area contributed by atoms with E-state index in [9.17, 15) is 19.5 Å². The van der Waals surface area contributed by atoms with Crippen LogP contribution in [-0.2, 0) is 33.3 Å². The lowest BCUT2D eigenvalue weighted by Gasteiger charge is -2.25. The van der Waals surface area contributed by atoms with Crippen molar-refractivity contribution in [1.29, 1.82) is 0 Å². The molecule has 0 saturated carbocycles. The number of carbonyl (C=O) groups excluding carboxylic acids is 2. The average Bonchev–Trinajstić information content (AvgIpc) is 3.66. The van der Waals surface area contributed by atoms with Crippen molar-refractivity contribution >= 4 is 17.9 Å². The quantitative estimate of drug-likeness (QED) is 0.0211. The third-order valence-electron chi connectivity index (χ3n) is 19.0. The van der Waals surface area contributed by atoms with Gasteiger partial charge in [0.2, 0.25) is 0 Å². The molecule has 0 rings (SSSR count). The van der Waals surface area contributed by atoms with Crippen molar-refractivity contribution in [3.8, 4) is 0 Å². The second-order valence-corrected chi connectivity index (χ2v) is 29.4. The maximum atomic E-state index is 13.0. The second-order valence-electron chi connectivity index (χ2n) is 29.4. The predicted molar refractivity (Wildman–Crippen MR) is 392 cm³/mol. The fraction of sp³-hybridized carbons (Fsp3) is 0.939. The lowest BCUT2D eigenvalue weighted by Crippen LogP contribution is -2.40. The molecule has 9 heteroatoms. The van der Waals surface area contributed by atoms with Gasteiger partial charge in [0, 0.05) is 12.8 Å². The number of quaternary nitrogens is 1. The molecule has 0 amide bonds. The minimum atomic E-state index is -1.51. The van der Waals surface area contributed by atoms with E-state index in [2.05, 4.69) is 26.0 Å². The SMILES string of the molecule is CCCCCCCCCC/C=C\CCCCCCCCCCCCCCCCCCCC(=O)OC(COC(=O)CCCCCCCCCCCCCCCCCCCCCCCCCCCCCCCCCCCCCCC)COC(OCC[N+](C)(C)C)C(=O)O. The highest BCUT2D eigenvalue weighted by Crippen LogP contribution is 2.21. The summed E-state index contributed by atoms with van der Waals surface area (Å²) in [5.41, 5.74) is 0. The molecule has 540 valence electrons. The molecule has 0 aromatic heterocycles. The number of nitrogens with zero attached hydrogens (tertiary/aromatic N) is 1. The smallest absolute Gasteiger partial charge is 0.361 e. The maximum absolute atomic E-state index is 13.0. The number of allylic oxidation sites excluding steroid dienone is 2. The van der Waals surface area contributed by atoms with Gasteiger partial charge in [-0.15, -0.1) is 0 Å². The highest BCUT2D eigenvalue weighted by molar-refractivity contribution is 5.71. The molecule has 91 heavy (non-hydrogen) atoms. The van der Waals surface area contributed by atoms with Crippen LogP contribution >= 0.6 is 0 Å². The minimum absolute atomic E-state index is 0.173. The fourth-order valence-corrected chi connectivity index (χ4v) is 12.8. The van der Waals surface area contributed by atoms with Gasteiger partial charge in [-0.05, 0) is 38.5 Å². The fourth-order valence-electron chi connectivity index (χ4n) is 12.8. The highest BCUT2D eigenvalue weighted by Gasteiger charge is 2.25. The Balaban J connectivity index is 3.93. The number of rotatable bonds is 78. The van der Waals surface area contributed by atoms with Gasteiger partial charge >= 0.3 is 17.9 Å².